The molecular formula is C23H24N4O. The molecule has 0 radical (unpaired) electrons. The highest BCUT2D eigenvalue weighted by atomic mass is 16.1. The predicted octanol–water partition coefficient (Wildman–Crippen LogP) is 3.93. The Labute approximate surface area is 164 Å². The molecule has 5 rings (SSSR count). The van der Waals surface area contributed by atoms with Crippen LogP contribution in [0.3, 0.4) is 0 Å². The van der Waals surface area contributed by atoms with Gasteiger partial charge in [-0.1, -0.05) is 30.7 Å². The number of likely N-dealkylation sites (tertiary alicyclic amines) is 1. The first kappa shape index (κ1) is 17.3. The average Bonchev–Trinajstić information content (AvgIpc) is 2.75. The van der Waals surface area contributed by atoms with E-state index in [4.69, 9.17) is 4.98 Å². The molecule has 0 spiro atoms. The molecule has 1 fully saturated rings. The summed E-state index contributed by atoms with van der Waals surface area (Å²) in [6, 6.07) is 13.4. The van der Waals surface area contributed by atoms with E-state index in [0.29, 0.717) is 0 Å². The lowest BCUT2D eigenvalue weighted by atomic mass is 10.0. The normalized spacial score (nSPS) is 15.6. The van der Waals surface area contributed by atoms with E-state index in [2.05, 4.69) is 14.5 Å². The topological polar surface area (TPSA) is 51.0 Å². The molecule has 0 N–H and O–H groups in total. The lowest BCUT2D eigenvalue weighted by Gasteiger charge is -2.27. The molecule has 1 aromatic heterocycles. The first-order chi connectivity index (χ1) is 13.8. The van der Waals surface area contributed by atoms with E-state index < -0.39 is 0 Å². The molecule has 1 aliphatic carbocycles. The Morgan fingerprint density at radius 1 is 0.929 bits per heavy atom. The molecule has 2 aromatic rings. The van der Waals surface area contributed by atoms with Gasteiger partial charge in [-0.05, 0) is 51.0 Å². The smallest absolute Gasteiger partial charge is 0.188 e. The molecule has 0 bridgehead atoms. The molecule has 28 heavy (non-hydrogen) atoms. The molecule has 142 valence electrons. The summed E-state index contributed by atoms with van der Waals surface area (Å²) in [5, 5.41) is 1.64. The lowest BCUT2D eigenvalue weighted by Crippen LogP contribution is -2.31. The van der Waals surface area contributed by atoms with Gasteiger partial charge < -0.3 is 9.47 Å². The Morgan fingerprint density at radius 2 is 1.75 bits per heavy atom. The third kappa shape index (κ3) is 3.06. The highest BCUT2D eigenvalue weighted by molar-refractivity contribution is 5.97. The molecule has 5 heteroatoms. The van der Waals surface area contributed by atoms with Crippen LogP contribution in [0, 0.1) is 0 Å². The molecule has 0 atom stereocenters. The van der Waals surface area contributed by atoms with Crippen molar-refractivity contribution in [1.82, 2.24) is 19.4 Å². The number of nitrogens with zero attached hydrogens (tertiary/aromatic N) is 4. The maximum Gasteiger partial charge on any atom is 0.188 e. The minimum absolute atomic E-state index is 0.0463. The molecule has 0 saturated carbocycles. The number of piperidine rings is 1. The molecule has 0 amide bonds. The predicted molar refractivity (Wildman–Crippen MR) is 113 cm³/mol. The molecule has 3 aliphatic rings. The number of aryl methyl sites for hydroxylation is 1. The molecule has 3 heterocycles. The van der Waals surface area contributed by atoms with Crippen molar-refractivity contribution in [2.24, 2.45) is 0 Å². The van der Waals surface area contributed by atoms with Gasteiger partial charge >= 0.3 is 0 Å². The van der Waals surface area contributed by atoms with Crippen LogP contribution < -0.4 is 5.43 Å². The first-order valence-corrected chi connectivity index (χ1v) is 10.2. The minimum atomic E-state index is 0.0463. The van der Waals surface area contributed by atoms with Crippen LogP contribution in [0.1, 0.15) is 25.7 Å². The maximum atomic E-state index is 12.7. The SMILES string of the molecule is O=c1cc2n(CCCN3CCCCC3)c3ncccc3nc-2c2ccccc12. The van der Waals surface area contributed by atoms with Gasteiger partial charge in [0.1, 0.15) is 5.52 Å². The lowest BCUT2D eigenvalue weighted by molar-refractivity contribution is 0.223. The van der Waals surface area contributed by atoms with Crippen LogP contribution in [0.15, 0.2) is 53.5 Å². The van der Waals surface area contributed by atoms with Crippen LogP contribution in [0.2, 0.25) is 0 Å². The van der Waals surface area contributed by atoms with Gasteiger partial charge in [0.05, 0.1) is 11.4 Å². The van der Waals surface area contributed by atoms with Crippen molar-refractivity contribution in [2.45, 2.75) is 32.2 Å². The fourth-order valence-corrected chi connectivity index (χ4v) is 4.42. The van der Waals surface area contributed by atoms with E-state index in [-0.39, 0.29) is 5.43 Å². The number of benzene rings is 2. The Bertz CT molecular complexity index is 1160. The second-order valence-corrected chi connectivity index (χ2v) is 7.65. The van der Waals surface area contributed by atoms with E-state index in [1.165, 1.54) is 32.4 Å². The summed E-state index contributed by atoms with van der Waals surface area (Å²) in [6.45, 7) is 4.33. The van der Waals surface area contributed by atoms with Crippen molar-refractivity contribution in [3.05, 3.63) is 58.9 Å². The van der Waals surface area contributed by atoms with Crippen LogP contribution in [0.4, 0.5) is 0 Å². The quantitative estimate of drug-likeness (QED) is 0.402. The molecule has 2 aliphatic heterocycles. The van der Waals surface area contributed by atoms with Crippen molar-refractivity contribution in [2.75, 3.05) is 19.6 Å². The van der Waals surface area contributed by atoms with E-state index >= 15 is 0 Å². The maximum absolute atomic E-state index is 12.7. The summed E-state index contributed by atoms with van der Waals surface area (Å²) in [5.41, 5.74) is 3.53. The van der Waals surface area contributed by atoms with Crippen molar-refractivity contribution in [1.29, 1.82) is 0 Å². The van der Waals surface area contributed by atoms with Crippen LogP contribution >= 0.6 is 0 Å². The van der Waals surface area contributed by atoms with Crippen molar-refractivity contribution in [3.63, 3.8) is 0 Å². The second kappa shape index (κ2) is 7.32. The zero-order valence-corrected chi connectivity index (χ0v) is 16.0. The van der Waals surface area contributed by atoms with Gasteiger partial charge in [0, 0.05) is 29.6 Å². The van der Waals surface area contributed by atoms with Crippen molar-refractivity contribution >= 4 is 21.9 Å². The molecule has 5 nitrogen and oxygen atoms in total. The summed E-state index contributed by atoms with van der Waals surface area (Å²) in [4.78, 5) is 24.7. The van der Waals surface area contributed by atoms with Gasteiger partial charge in [-0.3, -0.25) is 4.79 Å². The highest BCUT2D eigenvalue weighted by Gasteiger charge is 2.18. The minimum Gasteiger partial charge on any atom is -0.323 e. The van der Waals surface area contributed by atoms with Crippen LogP contribution in [0.5, 0.6) is 0 Å². The first-order valence-electron chi connectivity index (χ1n) is 10.2. The van der Waals surface area contributed by atoms with Gasteiger partial charge in [0.15, 0.2) is 11.1 Å². The molecule has 1 aromatic carbocycles. The zero-order chi connectivity index (χ0) is 18.9. The number of aromatic nitrogens is 3. The van der Waals surface area contributed by atoms with Crippen LogP contribution in [-0.2, 0) is 6.54 Å². The number of rotatable bonds is 4. The Balaban J connectivity index is 1.61. The fraction of sp³-hybridized carbons (Fsp3) is 0.348. The summed E-state index contributed by atoms with van der Waals surface area (Å²) < 4.78 is 2.19. The molecule has 0 unspecified atom stereocenters. The van der Waals surface area contributed by atoms with Crippen LogP contribution in [0.25, 0.3) is 33.3 Å². The summed E-state index contributed by atoms with van der Waals surface area (Å²) in [7, 11) is 0. The average molecular weight is 372 g/mol. The third-order valence-corrected chi connectivity index (χ3v) is 5.81. The third-order valence-electron chi connectivity index (χ3n) is 5.81. The van der Waals surface area contributed by atoms with E-state index in [0.717, 1.165) is 52.8 Å². The van der Waals surface area contributed by atoms with Gasteiger partial charge in [0.25, 0.3) is 0 Å². The number of fused-ring (bicyclic) bond motifs is 4. The Hall–Kier alpha value is -2.79. The number of hydrogen-bond acceptors (Lipinski definition) is 4. The number of pyridine rings is 1. The van der Waals surface area contributed by atoms with E-state index in [9.17, 15) is 4.79 Å². The Kier molecular flexibility index (Phi) is 4.53. The standard InChI is InChI=1S/C23H24N4O/c28-21-16-20-22(18-9-3-2-8-17(18)21)25-19-10-6-11-24-23(19)27(20)15-7-14-26-12-4-1-5-13-26/h2-3,6,8-11,16H,1,4-5,7,12-15H2. The van der Waals surface area contributed by atoms with Gasteiger partial charge in [-0.15, -0.1) is 0 Å². The summed E-state index contributed by atoms with van der Waals surface area (Å²) in [6.07, 6.45) is 6.81. The van der Waals surface area contributed by atoms with Crippen molar-refractivity contribution in [3.8, 4) is 11.4 Å². The second-order valence-electron chi connectivity index (χ2n) is 7.65. The van der Waals surface area contributed by atoms with E-state index in [1.54, 1.807) is 12.3 Å². The largest absolute Gasteiger partial charge is 0.323 e. The zero-order valence-electron chi connectivity index (χ0n) is 16.0. The highest BCUT2D eigenvalue weighted by Crippen LogP contribution is 2.29. The summed E-state index contributed by atoms with van der Waals surface area (Å²) >= 11 is 0. The fourth-order valence-electron chi connectivity index (χ4n) is 4.42. The Morgan fingerprint density at radius 3 is 2.61 bits per heavy atom. The van der Waals surface area contributed by atoms with Gasteiger partial charge in [0.2, 0.25) is 0 Å². The van der Waals surface area contributed by atoms with Crippen LogP contribution in [-0.4, -0.2) is 39.1 Å². The molecular weight excluding hydrogens is 348 g/mol. The van der Waals surface area contributed by atoms with Gasteiger partial charge in [-0.25, -0.2) is 9.97 Å². The number of hydrogen-bond donors (Lipinski definition) is 0. The van der Waals surface area contributed by atoms with Crippen molar-refractivity contribution < 1.29 is 0 Å². The molecule has 1 saturated heterocycles. The van der Waals surface area contributed by atoms with E-state index in [1.807, 2.05) is 36.4 Å². The van der Waals surface area contributed by atoms with Gasteiger partial charge in [-0.2, -0.15) is 0 Å². The monoisotopic (exact) mass is 372 g/mol. The summed E-state index contributed by atoms with van der Waals surface area (Å²) in [5.74, 6) is 0.